The molecule has 2 rings (SSSR count). The van der Waals surface area contributed by atoms with Crippen LogP contribution in [-0.2, 0) is 14.4 Å². The minimum atomic E-state index is -0.724. The van der Waals surface area contributed by atoms with Gasteiger partial charge in [0.05, 0.1) is 12.3 Å². The van der Waals surface area contributed by atoms with Gasteiger partial charge in [-0.05, 0) is 43.2 Å². The average Bonchev–Trinajstić information content (AvgIpc) is 2.97. The van der Waals surface area contributed by atoms with Gasteiger partial charge in [0.25, 0.3) is 5.91 Å². The first-order chi connectivity index (χ1) is 9.41. The van der Waals surface area contributed by atoms with Crippen LogP contribution in [0, 0.1) is 0 Å². The number of hydrogen-bond donors (Lipinski definition) is 1. The zero-order chi connectivity index (χ0) is 14.9. The molecule has 0 spiro atoms. The molecule has 3 amide bonds. The maximum absolute atomic E-state index is 12.1. The monoisotopic (exact) mass is 294 g/mol. The zero-order valence-electron chi connectivity index (χ0n) is 11.8. The molecule has 0 aliphatic carbocycles. The minimum absolute atomic E-state index is 0.0547. The van der Waals surface area contributed by atoms with E-state index >= 15 is 0 Å². The molecule has 0 radical (unpaired) electrons. The predicted octanol–water partition coefficient (Wildman–Crippen LogP) is 1.50. The van der Waals surface area contributed by atoms with Crippen LogP contribution in [0.25, 0.3) is 0 Å². The highest BCUT2D eigenvalue weighted by molar-refractivity contribution is 7.08. The molecular formula is C14H18N2O3S. The molecule has 0 saturated carbocycles. The Morgan fingerprint density at radius 1 is 1.40 bits per heavy atom. The van der Waals surface area contributed by atoms with Gasteiger partial charge in [0.15, 0.2) is 0 Å². The summed E-state index contributed by atoms with van der Waals surface area (Å²) in [4.78, 5) is 37.2. The van der Waals surface area contributed by atoms with Crippen LogP contribution in [0.3, 0.4) is 0 Å². The van der Waals surface area contributed by atoms with E-state index in [1.807, 2.05) is 16.8 Å². The van der Waals surface area contributed by atoms with Crippen molar-refractivity contribution in [2.75, 3.05) is 0 Å². The Labute approximate surface area is 122 Å². The Hall–Kier alpha value is -1.69. The van der Waals surface area contributed by atoms with E-state index in [1.165, 1.54) is 16.2 Å². The zero-order valence-corrected chi connectivity index (χ0v) is 12.6. The lowest BCUT2D eigenvalue weighted by molar-refractivity contribution is -0.141. The van der Waals surface area contributed by atoms with E-state index in [0.29, 0.717) is 0 Å². The first-order valence-electron chi connectivity index (χ1n) is 6.60. The summed E-state index contributed by atoms with van der Waals surface area (Å²) in [6.45, 7) is 5.36. The van der Waals surface area contributed by atoms with Gasteiger partial charge in [-0.1, -0.05) is 0 Å². The summed E-state index contributed by atoms with van der Waals surface area (Å²) in [6, 6.07) is 0.987. The molecule has 1 N–H and O–H groups in total. The number of likely N-dealkylation sites (tertiary alicyclic amines) is 1. The van der Waals surface area contributed by atoms with E-state index < -0.39 is 6.04 Å². The molecule has 1 aliphatic rings. The molecule has 0 aromatic carbocycles. The van der Waals surface area contributed by atoms with E-state index in [9.17, 15) is 14.4 Å². The molecule has 0 unspecified atom stereocenters. The highest BCUT2D eigenvalue weighted by atomic mass is 32.1. The molecule has 6 heteroatoms. The van der Waals surface area contributed by atoms with Crippen molar-refractivity contribution in [3.63, 3.8) is 0 Å². The SMILES string of the molecule is CC(C)N1C(=O)C[C@H](NC(=O)[C@@H](C)c2ccsc2)C1=O. The Bertz CT molecular complexity index is 525. The second kappa shape index (κ2) is 5.75. The quantitative estimate of drug-likeness (QED) is 0.856. The van der Waals surface area contributed by atoms with Gasteiger partial charge >= 0.3 is 0 Å². The van der Waals surface area contributed by atoms with Crippen molar-refractivity contribution >= 4 is 29.1 Å². The second-order valence-corrected chi connectivity index (χ2v) is 6.02. The summed E-state index contributed by atoms with van der Waals surface area (Å²) in [5.41, 5.74) is 0.921. The van der Waals surface area contributed by atoms with Gasteiger partial charge in [-0.25, -0.2) is 0 Å². The average molecular weight is 294 g/mol. The fourth-order valence-corrected chi connectivity index (χ4v) is 3.03. The van der Waals surface area contributed by atoms with Gasteiger partial charge in [-0.3, -0.25) is 19.3 Å². The summed E-state index contributed by atoms with van der Waals surface area (Å²) in [7, 11) is 0. The van der Waals surface area contributed by atoms with Crippen LogP contribution in [0.4, 0.5) is 0 Å². The normalized spacial score (nSPS) is 20.6. The third-order valence-corrected chi connectivity index (χ3v) is 4.15. The van der Waals surface area contributed by atoms with Gasteiger partial charge < -0.3 is 5.32 Å². The van der Waals surface area contributed by atoms with Crippen molar-refractivity contribution in [1.29, 1.82) is 0 Å². The van der Waals surface area contributed by atoms with Gasteiger partial charge in [-0.2, -0.15) is 11.3 Å². The molecular weight excluding hydrogens is 276 g/mol. The maximum atomic E-state index is 12.1. The molecule has 0 bridgehead atoms. The minimum Gasteiger partial charge on any atom is -0.343 e. The van der Waals surface area contributed by atoms with Gasteiger partial charge in [0.1, 0.15) is 6.04 Å². The van der Waals surface area contributed by atoms with Gasteiger partial charge in [0.2, 0.25) is 11.8 Å². The standard InChI is InChI=1S/C14H18N2O3S/c1-8(2)16-12(17)6-11(14(16)19)15-13(18)9(3)10-4-5-20-7-10/h4-5,7-9,11H,6H2,1-3H3,(H,15,18)/t9-,11-/m0/s1. The van der Waals surface area contributed by atoms with Gasteiger partial charge in [0, 0.05) is 6.04 Å². The fraction of sp³-hybridized carbons (Fsp3) is 0.500. The molecule has 1 aromatic rings. The predicted molar refractivity (Wildman–Crippen MR) is 76.3 cm³/mol. The van der Waals surface area contributed by atoms with Crippen molar-refractivity contribution in [1.82, 2.24) is 10.2 Å². The van der Waals surface area contributed by atoms with Crippen molar-refractivity contribution in [3.05, 3.63) is 22.4 Å². The van der Waals surface area contributed by atoms with E-state index in [0.717, 1.165) is 5.56 Å². The lowest BCUT2D eigenvalue weighted by Gasteiger charge is -2.19. The van der Waals surface area contributed by atoms with Crippen molar-refractivity contribution in [2.45, 2.75) is 45.2 Å². The third-order valence-electron chi connectivity index (χ3n) is 3.45. The van der Waals surface area contributed by atoms with Crippen LogP contribution in [0.2, 0.25) is 0 Å². The number of thiophene rings is 1. The van der Waals surface area contributed by atoms with Crippen LogP contribution in [-0.4, -0.2) is 34.7 Å². The Kier molecular flexibility index (Phi) is 4.23. The Morgan fingerprint density at radius 2 is 2.10 bits per heavy atom. The van der Waals surface area contributed by atoms with E-state index in [1.54, 1.807) is 20.8 Å². The second-order valence-electron chi connectivity index (χ2n) is 5.24. The largest absolute Gasteiger partial charge is 0.343 e. The third kappa shape index (κ3) is 2.75. The molecule has 5 nitrogen and oxygen atoms in total. The van der Waals surface area contributed by atoms with Crippen molar-refractivity contribution in [3.8, 4) is 0 Å². The van der Waals surface area contributed by atoms with Gasteiger partial charge in [-0.15, -0.1) is 0 Å². The number of nitrogens with one attached hydrogen (secondary N) is 1. The van der Waals surface area contributed by atoms with Crippen molar-refractivity contribution < 1.29 is 14.4 Å². The van der Waals surface area contributed by atoms with Crippen LogP contribution in [0.5, 0.6) is 0 Å². The fourth-order valence-electron chi connectivity index (χ4n) is 2.28. The van der Waals surface area contributed by atoms with Crippen LogP contribution < -0.4 is 5.32 Å². The number of rotatable bonds is 4. The number of carbonyl (C=O) groups excluding carboxylic acids is 3. The molecule has 1 aromatic heterocycles. The summed E-state index contributed by atoms with van der Waals surface area (Å²) in [5, 5.41) is 6.50. The highest BCUT2D eigenvalue weighted by Crippen LogP contribution is 2.21. The highest BCUT2D eigenvalue weighted by Gasteiger charge is 2.41. The lowest BCUT2D eigenvalue weighted by Crippen LogP contribution is -2.44. The van der Waals surface area contributed by atoms with Crippen LogP contribution in [0.1, 0.15) is 38.7 Å². The number of hydrogen-bond acceptors (Lipinski definition) is 4. The van der Waals surface area contributed by atoms with Crippen molar-refractivity contribution in [2.24, 2.45) is 0 Å². The topological polar surface area (TPSA) is 66.5 Å². The summed E-state index contributed by atoms with van der Waals surface area (Å²) in [5.74, 6) is -1.08. The van der Waals surface area contributed by atoms with E-state index in [2.05, 4.69) is 5.32 Å². The summed E-state index contributed by atoms with van der Waals surface area (Å²) in [6.07, 6.45) is 0.0547. The molecule has 2 heterocycles. The number of nitrogens with zero attached hydrogens (tertiary/aromatic N) is 1. The molecule has 2 atom stereocenters. The van der Waals surface area contributed by atoms with Crippen LogP contribution >= 0.6 is 11.3 Å². The van der Waals surface area contributed by atoms with Crippen LogP contribution in [0.15, 0.2) is 16.8 Å². The molecule has 108 valence electrons. The summed E-state index contributed by atoms with van der Waals surface area (Å²) < 4.78 is 0. The first-order valence-corrected chi connectivity index (χ1v) is 7.54. The Balaban J connectivity index is 2.02. The number of carbonyl (C=O) groups is 3. The summed E-state index contributed by atoms with van der Waals surface area (Å²) >= 11 is 1.52. The molecule has 1 fully saturated rings. The lowest BCUT2D eigenvalue weighted by atomic mass is 10.0. The Morgan fingerprint density at radius 3 is 2.60 bits per heavy atom. The smallest absolute Gasteiger partial charge is 0.252 e. The number of imide groups is 1. The molecule has 1 aliphatic heterocycles. The maximum Gasteiger partial charge on any atom is 0.252 e. The molecule has 20 heavy (non-hydrogen) atoms. The molecule has 1 saturated heterocycles. The first kappa shape index (κ1) is 14.7. The van der Waals surface area contributed by atoms with E-state index in [-0.39, 0.29) is 36.1 Å². The van der Waals surface area contributed by atoms with E-state index in [4.69, 9.17) is 0 Å². The number of amides is 3.